The number of thiazole rings is 1. The SMILES string of the molecule is COc1cccc(OC)c1-n1c(NS(=O)(=O)CCN2C(=O)N(C)CC[C@@H]2C)nnc1-c1nc(C)cs1.C[C@H]1CCN(C)C(=O)N1CCS(N)(=O)=O. The summed E-state index contributed by atoms with van der Waals surface area (Å²) in [6.45, 7) is 7.25. The standard InChI is InChI=1S/C22H29N7O5S2.C8H17N3O3S/c1-14-13-35-20(23-14)19-24-25-21(29(19)18-16(33-4)7-6-8-17(18)34-5)26-36(31,32)12-11-28-15(2)9-10-27(3)22(28)30;1-7-3-4-10(2)8(12)11(7)5-6-15(9,13)14/h6-8,13,15H,9-12H2,1-5H3,(H,25,26);7H,3-6H2,1-2H3,(H2,9,13,14)/t15-;7-/m00/s1. The number of benzene rings is 1. The largest absolute Gasteiger partial charge is 0.494 e. The number of nitrogens with two attached hydrogens (primary N) is 1. The Bertz CT molecular complexity index is 1900. The zero-order valence-electron chi connectivity index (χ0n) is 29.8. The topological polar surface area (TPSA) is 215 Å². The Morgan fingerprint density at radius 3 is 1.90 bits per heavy atom. The fraction of sp³-hybridized carbons (Fsp3) is 0.567. The van der Waals surface area contributed by atoms with E-state index in [1.165, 1.54) is 30.1 Å². The third kappa shape index (κ3) is 9.77. The average Bonchev–Trinajstić information content (AvgIpc) is 3.69. The number of amides is 4. The third-order valence-electron chi connectivity index (χ3n) is 8.54. The Balaban J connectivity index is 0.000000326. The maximum atomic E-state index is 13.2. The van der Waals surface area contributed by atoms with E-state index in [4.69, 9.17) is 14.6 Å². The average molecular weight is 771 g/mol. The Morgan fingerprint density at radius 2 is 1.43 bits per heavy atom. The molecule has 2 aromatic heterocycles. The quantitative estimate of drug-likeness (QED) is 0.272. The van der Waals surface area contributed by atoms with Gasteiger partial charge in [0, 0.05) is 63.4 Å². The molecule has 2 saturated heterocycles. The number of primary sulfonamides is 1. The van der Waals surface area contributed by atoms with Crippen LogP contribution in [0.2, 0.25) is 0 Å². The molecule has 2 fully saturated rings. The number of anilines is 1. The van der Waals surface area contributed by atoms with Gasteiger partial charge in [0.1, 0.15) is 17.2 Å². The lowest BCUT2D eigenvalue weighted by Gasteiger charge is -2.38. The normalized spacial score (nSPS) is 18.4. The number of carbonyl (C=O) groups is 2. The molecular weight excluding hydrogens is 725 g/mol. The highest BCUT2D eigenvalue weighted by atomic mass is 32.2. The van der Waals surface area contributed by atoms with Gasteiger partial charge in [0.15, 0.2) is 10.8 Å². The summed E-state index contributed by atoms with van der Waals surface area (Å²) in [5.74, 6) is 0.653. The predicted octanol–water partition coefficient (Wildman–Crippen LogP) is 2.03. The number of nitrogens with one attached hydrogen (secondary N) is 1. The van der Waals surface area contributed by atoms with Gasteiger partial charge in [-0.2, -0.15) is 0 Å². The van der Waals surface area contributed by atoms with Gasteiger partial charge in [0.25, 0.3) is 0 Å². The summed E-state index contributed by atoms with van der Waals surface area (Å²) >= 11 is 1.36. The molecule has 18 nitrogen and oxygen atoms in total. The molecule has 51 heavy (non-hydrogen) atoms. The zero-order chi connectivity index (χ0) is 37.7. The van der Waals surface area contributed by atoms with Crippen molar-refractivity contribution in [3.05, 3.63) is 29.3 Å². The Kier molecular flexibility index (Phi) is 12.7. The van der Waals surface area contributed by atoms with Crippen LogP contribution in [0.15, 0.2) is 23.6 Å². The number of aromatic nitrogens is 4. The van der Waals surface area contributed by atoms with Crippen molar-refractivity contribution in [3.63, 3.8) is 0 Å². The summed E-state index contributed by atoms with van der Waals surface area (Å²) in [6, 6.07) is 4.93. The molecule has 0 bridgehead atoms. The van der Waals surface area contributed by atoms with Gasteiger partial charge in [-0.05, 0) is 45.7 Å². The fourth-order valence-electron chi connectivity index (χ4n) is 5.56. The first-order valence-corrected chi connectivity index (χ1v) is 20.3. The van der Waals surface area contributed by atoms with E-state index < -0.39 is 20.0 Å². The van der Waals surface area contributed by atoms with Crippen LogP contribution >= 0.6 is 11.3 Å². The first kappa shape index (κ1) is 39.6. The fourth-order valence-corrected chi connectivity index (χ4v) is 7.72. The van der Waals surface area contributed by atoms with Gasteiger partial charge in [-0.25, -0.2) is 36.5 Å². The van der Waals surface area contributed by atoms with Crippen molar-refractivity contribution < 1.29 is 35.9 Å². The Morgan fingerprint density at radius 1 is 0.902 bits per heavy atom. The highest BCUT2D eigenvalue weighted by Crippen LogP contribution is 2.38. The number of aryl methyl sites for hydroxylation is 1. The summed E-state index contributed by atoms with van der Waals surface area (Å²) in [4.78, 5) is 35.0. The number of hydrogen-bond acceptors (Lipinski definition) is 12. The van der Waals surface area contributed by atoms with Crippen molar-refractivity contribution in [2.45, 2.75) is 45.7 Å². The summed E-state index contributed by atoms with van der Waals surface area (Å²) < 4.78 is 63.1. The maximum absolute atomic E-state index is 13.2. The smallest absolute Gasteiger partial charge is 0.320 e. The highest BCUT2D eigenvalue weighted by Gasteiger charge is 2.32. The van der Waals surface area contributed by atoms with E-state index in [2.05, 4.69) is 19.9 Å². The van der Waals surface area contributed by atoms with Crippen LogP contribution in [0.25, 0.3) is 16.5 Å². The van der Waals surface area contributed by atoms with E-state index in [1.807, 2.05) is 26.2 Å². The molecule has 21 heteroatoms. The number of methoxy groups -OCH3 is 2. The van der Waals surface area contributed by atoms with Gasteiger partial charge in [-0.3, -0.25) is 9.29 Å². The molecule has 0 aliphatic carbocycles. The van der Waals surface area contributed by atoms with E-state index in [0.717, 1.165) is 18.5 Å². The highest BCUT2D eigenvalue weighted by molar-refractivity contribution is 7.92. The lowest BCUT2D eigenvalue weighted by atomic mass is 10.1. The van der Waals surface area contributed by atoms with Crippen LogP contribution in [-0.4, -0.2) is 146 Å². The molecule has 2 aliphatic heterocycles. The predicted molar refractivity (Wildman–Crippen MR) is 193 cm³/mol. The molecule has 2 atom stereocenters. The van der Waals surface area contributed by atoms with Gasteiger partial charge < -0.3 is 29.1 Å². The summed E-state index contributed by atoms with van der Waals surface area (Å²) in [5.41, 5.74) is 1.22. The number of ether oxygens (including phenoxy) is 2. The molecule has 3 N–H and O–H groups in total. The van der Waals surface area contributed by atoms with Crippen LogP contribution in [0.1, 0.15) is 32.4 Å². The van der Waals surface area contributed by atoms with Crippen molar-refractivity contribution in [1.29, 1.82) is 0 Å². The number of para-hydroxylation sites is 1. The van der Waals surface area contributed by atoms with Crippen LogP contribution in [0.3, 0.4) is 0 Å². The van der Waals surface area contributed by atoms with Gasteiger partial charge in [-0.15, -0.1) is 21.5 Å². The minimum absolute atomic E-state index is 0.0456. The Hall–Kier alpha value is -4.21. The second kappa shape index (κ2) is 16.4. The maximum Gasteiger partial charge on any atom is 0.320 e. The minimum Gasteiger partial charge on any atom is -0.494 e. The number of nitrogens with zero attached hydrogens (tertiary/aromatic N) is 8. The van der Waals surface area contributed by atoms with Gasteiger partial charge in [0.05, 0.1) is 25.7 Å². The monoisotopic (exact) mass is 770 g/mol. The van der Waals surface area contributed by atoms with Crippen molar-refractivity contribution >= 4 is 49.4 Å². The lowest BCUT2D eigenvalue weighted by Crippen LogP contribution is -2.53. The summed E-state index contributed by atoms with van der Waals surface area (Å²) in [7, 11) is -0.988. The number of sulfonamides is 2. The molecule has 0 spiro atoms. The van der Waals surface area contributed by atoms with Crippen molar-refractivity contribution in [3.8, 4) is 28.0 Å². The van der Waals surface area contributed by atoms with Crippen LogP contribution in [0.4, 0.5) is 15.5 Å². The second-order valence-electron chi connectivity index (χ2n) is 12.3. The van der Waals surface area contributed by atoms with Crippen LogP contribution < -0.4 is 19.3 Å². The first-order chi connectivity index (χ1) is 24.0. The van der Waals surface area contributed by atoms with Crippen LogP contribution in [-0.2, 0) is 20.0 Å². The van der Waals surface area contributed by atoms with Crippen LogP contribution in [0, 0.1) is 6.92 Å². The van der Waals surface area contributed by atoms with E-state index in [9.17, 15) is 26.4 Å². The molecule has 4 heterocycles. The zero-order valence-corrected chi connectivity index (χ0v) is 32.2. The molecule has 2 aliphatic rings. The van der Waals surface area contributed by atoms with Gasteiger partial charge >= 0.3 is 12.1 Å². The number of hydrogen-bond donors (Lipinski definition) is 2. The first-order valence-electron chi connectivity index (χ1n) is 16.1. The third-order valence-corrected chi connectivity index (χ3v) is 11.5. The minimum atomic E-state index is -3.92. The van der Waals surface area contributed by atoms with E-state index in [1.54, 1.807) is 51.9 Å². The molecule has 4 amide bonds. The van der Waals surface area contributed by atoms with E-state index in [-0.39, 0.29) is 54.7 Å². The van der Waals surface area contributed by atoms with Gasteiger partial charge in [0.2, 0.25) is 26.0 Å². The summed E-state index contributed by atoms with van der Waals surface area (Å²) in [5, 5.41) is 15.7. The second-order valence-corrected chi connectivity index (χ2v) is 16.8. The molecule has 1 aromatic carbocycles. The van der Waals surface area contributed by atoms with E-state index >= 15 is 0 Å². The number of rotatable bonds is 12. The number of urea groups is 2. The van der Waals surface area contributed by atoms with Crippen molar-refractivity contribution in [1.82, 2.24) is 39.3 Å². The molecule has 282 valence electrons. The lowest BCUT2D eigenvalue weighted by molar-refractivity contribution is 0.118. The molecule has 0 unspecified atom stereocenters. The Labute approximate surface area is 302 Å². The molecular formula is C30H46N10O8S3. The van der Waals surface area contributed by atoms with Crippen molar-refractivity contribution in [2.75, 3.05) is 70.7 Å². The molecule has 0 saturated carbocycles. The van der Waals surface area contributed by atoms with Crippen LogP contribution in [0.5, 0.6) is 11.5 Å². The molecule has 0 radical (unpaired) electrons. The molecule has 3 aromatic rings. The van der Waals surface area contributed by atoms with E-state index in [0.29, 0.717) is 41.1 Å². The van der Waals surface area contributed by atoms with Crippen molar-refractivity contribution in [2.24, 2.45) is 5.14 Å². The van der Waals surface area contributed by atoms with Gasteiger partial charge in [-0.1, -0.05) is 6.07 Å². The molecule has 5 rings (SSSR count). The number of carbonyl (C=O) groups excluding carboxylic acids is 2. The summed E-state index contributed by atoms with van der Waals surface area (Å²) in [6.07, 6.45) is 1.63.